The monoisotopic (exact) mass is 282 g/mol. The fourth-order valence-corrected chi connectivity index (χ4v) is 4.35. The van der Waals surface area contributed by atoms with Crippen molar-refractivity contribution in [1.29, 1.82) is 0 Å². The first-order chi connectivity index (χ1) is 9.00. The normalized spacial score (nSPS) is 17.8. The minimum absolute atomic E-state index is 0.194. The van der Waals surface area contributed by atoms with Gasteiger partial charge in [-0.1, -0.05) is 31.4 Å². The standard InChI is InChI=1S/C14H22N2O2S/c1-16(11-12-7-9-13(15)10-8-12)19(17,18)14-5-3-2-4-6-14/h7-10,14H,2-6,11,15H2,1H3. The number of rotatable bonds is 4. The van der Waals surface area contributed by atoms with E-state index in [-0.39, 0.29) is 5.25 Å². The highest BCUT2D eigenvalue weighted by Gasteiger charge is 2.30. The molecule has 0 aromatic heterocycles. The van der Waals surface area contributed by atoms with Crippen molar-refractivity contribution in [3.63, 3.8) is 0 Å². The molecule has 0 radical (unpaired) electrons. The Morgan fingerprint density at radius 3 is 2.32 bits per heavy atom. The number of sulfonamides is 1. The Morgan fingerprint density at radius 2 is 1.74 bits per heavy atom. The topological polar surface area (TPSA) is 63.4 Å². The van der Waals surface area contributed by atoms with Crippen LogP contribution >= 0.6 is 0 Å². The van der Waals surface area contributed by atoms with Gasteiger partial charge >= 0.3 is 0 Å². The molecule has 1 aromatic carbocycles. The third-order valence-electron chi connectivity index (χ3n) is 3.79. The second kappa shape index (κ2) is 5.92. The lowest BCUT2D eigenvalue weighted by Crippen LogP contribution is -2.36. The largest absolute Gasteiger partial charge is 0.399 e. The Balaban J connectivity index is 2.05. The van der Waals surface area contributed by atoms with Crippen molar-refractivity contribution in [2.75, 3.05) is 12.8 Å². The Bertz CT molecular complexity index is 505. The van der Waals surface area contributed by atoms with Crippen molar-refractivity contribution in [3.8, 4) is 0 Å². The molecule has 19 heavy (non-hydrogen) atoms. The number of hydrogen-bond acceptors (Lipinski definition) is 3. The van der Waals surface area contributed by atoms with E-state index in [4.69, 9.17) is 5.73 Å². The lowest BCUT2D eigenvalue weighted by atomic mass is 10.0. The average molecular weight is 282 g/mol. The summed E-state index contributed by atoms with van der Waals surface area (Å²) < 4.78 is 26.4. The summed E-state index contributed by atoms with van der Waals surface area (Å²) in [6.45, 7) is 0.416. The van der Waals surface area contributed by atoms with Gasteiger partial charge in [-0.05, 0) is 30.5 Å². The zero-order chi connectivity index (χ0) is 13.9. The third-order valence-corrected chi connectivity index (χ3v) is 6.10. The van der Waals surface area contributed by atoms with Crippen molar-refractivity contribution in [3.05, 3.63) is 29.8 Å². The van der Waals surface area contributed by atoms with Gasteiger partial charge in [0.25, 0.3) is 0 Å². The maximum Gasteiger partial charge on any atom is 0.217 e. The summed E-state index contributed by atoms with van der Waals surface area (Å²) in [5, 5.41) is -0.194. The molecule has 0 bridgehead atoms. The molecule has 0 spiro atoms. The van der Waals surface area contributed by atoms with Crippen molar-refractivity contribution >= 4 is 15.7 Å². The highest BCUT2D eigenvalue weighted by atomic mass is 32.2. The molecular weight excluding hydrogens is 260 g/mol. The molecule has 4 nitrogen and oxygen atoms in total. The second-order valence-electron chi connectivity index (χ2n) is 5.30. The highest BCUT2D eigenvalue weighted by molar-refractivity contribution is 7.89. The maximum absolute atomic E-state index is 12.5. The van der Waals surface area contributed by atoms with Crippen LogP contribution in [0.25, 0.3) is 0 Å². The fourth-order valence-electron chi connectivity index (χ4n) is 2.59. The van der Waals surface area contributed by atoms with Gasteiger partial charge in [0.05, 0.1) is 5.25 Å². The van der Waals surface area contributed by atoms with Crippen LogP contribution in [0.3, 0.4) is 0 Å². The first-order valence-electron chi connectivity index (χ1n) is 6.80. The van der Waals surface area contributed by atoms with Crippen LogP contribution in [0, 0.1) is 0 Å². The van der Waals surface area contributed by atoms with Crippen molar-refractivity contribution < 1.29 is 8.42 Å². The molecule has 2 rings (SSSR count). The van der Waals surface area contributed by atoms with Crippen LogP contribution in [0.2, 0.25) is 0 Å². The number of nitrogen functional groups attached to an aromatic ring is 1. The summed E-state index contributed by atoms with van der Waals surface area (Å²) >= 11 is 0. The van der Waals surface area contributed by atoms with Crippen LogP contribution in [0.1, 0.15) is 37.7 Å². The molecule has 106 valence electrons. The minimum Gasteiger partial charge on any atom is -0.399 e. The summed E-state index contributed by atoms with van der Waals surface area (Å²) in [6.07, 6.45) is 4.82. The summed E-state index contributed by atoms with van der Waals surface area (Å²) in [6, 6.07) is 7.36. The van der Waals surface area contributed by atoms with Gasteiger partial charge in [-0.3, -0.25) is 0 Å². The van der Waals surface area contributed by atoms with Gasteiger partial charge in [0.15, 0.2) is 0 Å². The first-order valence-corrected chi connectivity index (χ1v) is 8.30. The number of hydrogen-bond donors (Lipinski definition) is 1. The van der Waals surface area contributed by atoms with Gasteiger partial charge in [-0.15, -0.1) is 0 Å². The summed E-state index contributed by atoms with van der Waals surface area (Å²) in [5.41, 5.74) is 7.29. The molecule has 0 amide bonds. The molecule has 2 N–H and O–H groups in total. The SMILES string of the molecule is CN(Cc1ccc(N)cc1)S(=O)(=O)C1CCCCC1. The summed E-state index contributed by atoms with van der Waals surface area (Å²) in [5.74, 6) is 0. The minimum atomic E-state index is -3.17. The van der Waals surface area contributed by atoms with E-state index in [1.165, 1.54) is 4.31 Å². The molecule has 1 aliphatic carbocycles. The van der Waals surface area contributed by atoms with Crippen molar-refractivity contribution in [2.45, 2.75) is 43.9 Å². The molecule has 5 heteroatoms. The Labute approximate surface area is 115 Å². The van der Waals surface area contributed by atoms with E-state index in [1.807, 2.05) is 12.1 Å². The summed E-state index contributed by atoms with van der Waals surface area (Å²) in [7, 11) is -1.50. The smallest absolute Gasteiger partial charge is 0.217 e. The van der Waals surface area contributed by atoms with E-state index < -0.39 is 10.0 Å². The number of nitrogens with zero attached hydrogens (tertiary/aromatic N) is 1. The van der Waals surface area contributed by atoms with Gasteiger partial charge in [-0.2, -0.15) is 0 Å². The molecule has 0 heterocycles. The third kappa shape index (κ3) is 3.48. The van der Waals surface area contributed by atoms with Gasteiger partial charge in [0.1, 0.15) is 0 Å². The zero-order valence-electron chi connectivity index (χ0n) is 11.4. The van der Waals surface area contributed by atoms with Crippen LogP contribution in [0.4, 0.5) is 5.69 Å². The average Bonchev–Trinajstić information content (AvgIpc) is 2.42. The zero-order valence-corrected chi connectivity index (χ0v) is 12.2. The van der Waals surface area contributed by atoms with E-state index in [0.717, 1.165) is 37.7 Å². The summed E-state index contributed by atoms with van der Waals surface area (Å²) in [4.78, 5) is 0. The van der Waals surface area contributed by atoms with E-state index in [2.05, 4.69) is 0 Å². The number of benzene rings is 1. The quantitative estimate of drug-likeness (QED) is 0.862. The Kier molecular flexibility index (Phi) is 4.47. The molecule has 0 aliphatic heterocycles. The Morgan fingerprint density at radius 1 is 1.16 bits per heavy atom. The number of anilines is 1. The predicted octanol–water partition coefficient (Wildman–Crippen LogP) is 2.36. The van der Waals surface area contributed by atoms with Crippen molar-refractivity contribution in [1.82, 2.24) is 4.31 Å². The molecule has 0 saturated heterocycles. The van der Waals surface area contributed by atoms with Gasteiger partial charge in [0, 0.05) is 19.3 Å². The van der Waals surface area contributed by atoms with Gasteiger partial charge in [0.2, 0.25) is 10.0 Å². The second-order valence-corrected chi connectivity index (χ2v) is 7.62. The van der Waals surface area contributed by atoms with Crippen LogP contribution in [0.15, 0.2) is 24.3 Å². The van der Waals surface area contributed by atoms with E-state index >= 15 is 0 Å². The van der Waals surface area contributed by atoms with E-state index in [0.29, 0.717) is 12.2 Å². The lowest BCUT2D eigenvalue weighted by molar-refractivity contribution is 0.423. The van der Waals surface area contributed by atoms with Gasteiger partial charge in [-0.25, -0.2) is 12.7 Å². The molecule has 0 atom stereocenters. The first kappa shape index (κ1) is 14.3. The van der Waals surface area contributed by atoms with E-state index in [9.17, 15) is 8.42 Å². The molecule has 0 unspecified atom stereocenters. The predicted molar refractivity (Wildman–Crippen MR) is 78.1 cm³/mol. The maximum atomic E-state index is 12.5. The van der Waals surface area contributed by atoms with Crippen molar-refractivity contribution in [2.24, 2.45) is 0 Å². The van der Waals surface area contributed by atoms with Crippen LogP contribution in [-0.4, -0.2) is 25.0 Å². The van der Waals surface area contributed by atoms with Crippen LogP contribution < -0.4 is 5.73 Å². The molecule has 1 saturated carbocycles. The highest BCUT2D eigenvalue weighted by Crippen LogP contribution is 2.26. The molecule has 1 fully saturated rings. The van der Waals surface area contributed by atoms with Crippen LogP contribution in [-0.2, 0) is 16.6 Å². The lowest BCUT2D eigenvalue weighted by Gasteiger charge is -2.27. The Hall–Kier alpha value is -1.07. The number of nitrogens with two attached hydrogens (primary N) is 1. The van der Waals surface area contributed by atoms with E-state index in [1.54, 1.807) is 19.2 Å². The molecule has 1 aromatic rings. The molecular formula is C14H22N2O2S. The molecule has 1 aliphatic rings. The fraction of sp³-hybridized carbons (Fsp3) is 0.571. The van der Waals surface area contributed by atoms with Crippen LogP contribution in [0.5, 0.6) is 0 Å². The van der Waals surface area contributed by atoms with Gasteiger partial charge < -0.3 is 5.73 Å².